The molecule has 2 aromatic carbocycles. The molecule has 4 nitrogen and oxygen atoms in total. The highest BCUT2D eigenvalue weighted by molar-refractivity contribution is 9.10. The molecule has 0 aromatic heterocycles. The molecule has 2 rings (SSSR count). The Morgan fingerprint density at radius 1 is 1.32 bits per heavy atom. The topological polar surface area (TPSA) is 58.6 Å². The Kier molecular flexibility index (Phi) is 5.83. The van der Waals surface area contributed by atoms with Crippen molar-refractivity contribution in [2.45, 2.75) is 13.5 Å². The third-order valence-electron chi connectivity index (χ3n) is 2.95. The Bertz CT molecular complexity index is 691. The van der Waals surface area contributed by atoms with E-state index in [0.29, 0.717) is 22.0 Å². The summed E-state index contributed by atoms with van der Waals surface area (Å²) >= 11 is 9.38. The van der Waals surface area contributed by atoms with Crippen LogP contribution in [0.1, 0.15) is 11.1 Å². The van der Waals surface area contributed by atoms with E-state index in [0.717, 1.165) is 10.0 Å². The Morgan fingerprint density at radius 3 is 2.77 bits per heavy atom. The van der Waals surface area contributed by atoms with Gasteiger partial charge in [0.15, 0.2) is 6.61 Å². The molecule has 0 fully saturated rings. The standard InChI is InChI=1S/C16H15BrClNO3/c1-10-2-4-14(13(18)6-10)19-16(21)9-22-15-5-3-12(17)7-11(15)8-20/h2-7,20H,8-9H2,1H3,(H,19,21). The van der Waals surface area contributed by atoms with Crippen LogP contribution in [0.25, 0.3) is 0 Å². The SMILES string of the molecule is Cc1ccc(NC(=O)COc2ccc(Br)cc2CO)c(Cl)c1. The van der Waals surface area contributed by atoms with E-state index in [1.165, 1.54) is 0 Å². The van der Waals surface area contributed by atoms with Crippen molar-refractivity contribution >= 4 is 39.1 Å². The first-order valence-electron chi connectivity index (χ1n) is 6.57. The average molecular weight is 385 g/mol. The quantitative estimate of drug-likeness (QED) is 0.821. The molecule has 0 atom stereocenters. The van der Waals surface area contributed by atoms with E-state index in [1.807, 2.05) is 13.0 Å². The zero-order valence-electron chi connectivity index (χ0n) is 11.9. The van der Waals surface area contributed by atoms with Gasteiger partial charge < -0.3 is 15.2 Å². The van der Waals surface area contributed by atoms with Crippen LogP contribution in [0.4, 0.5) is 5.69 Å². The molecule has 6 heteroatoms. The normalized spacial score (nSPS) is 10.4. The molecule has 0 aliphatic rings. The molecule has 2 aromatic rings. The monoisotopic (exact) mass is 383 g/mol. The summed E-state index contributed by atoms with van der Waals surface area (Å²) < 4.78 is 6.28. The van der Waals surface area contributed by atoms with Gasteiger partial charge in [-0.3, -0.25) is 4.79 Å². The number of aliphatic hydroxyl groups is 1. The molecule has 0 saturated heterocycles. The summed E-state index contributed by atoms with van der Waals surface area (Å²) in [6.45, 7) is 1.59. The molecular weight excluding hydrogens is 370 g/mol. The highest BCUT2D eigenvalue weighted by Crippen LogP contribution is 2.24. The first-order chi connectivity index (χ1) is 10.5. The summed E-state index contributed by atoms with van der Waals surface area (Å²) in [6, 6.07) is 10.6. The van der Waals surface area contributed by atoms with Gasteiger partial charge in [0.1, 0.15) is 5.75 Å². The van der Waals surface area contributed by atoms with Crippen molar-refractivity contribution in [3.8, 4) is 5.75 Å². The zero-order valence-corrected chi connectivity index (χ0v) is 14.2. The van der Waals surface area contributed by atoms with Crippen LogP contribution in [0.15, 0.2) is 40.9 Å². The number of benzene rings is 2. The van der Waals surface area contributed by atoms with Crippen LogP contribution < -0.4 is 10.1 Å². The molecular formula is C16H15BrClNO3. The lowest BCUT2D eigenvalue weighted by Gasteiger charge is -2.11. The number of ether oxygens (including phenoxy) is 1. The molecule has 116 valence electrons. The van der Waals surface area contributed by atoms with Crippen LogP contribution >= 0.6 is 27.5 Å². The number of hydrogen-bond donors (Lipinski definition) is 2. The number of carbonyl (C=O) groups is 1. The summed E-state index contributed by atoms with van der Waals surface area (Å²) in [6.07, 6.45) is 0. The number of amides is 1. The molecule has 22 heavy (non-hydrogen) atoms. The van der Waals surface area contributed by atoms with Gasteiger partial charge in [0.05, 0.1) is 17.3 Å². The average Bonchev–Trinajstić information content (AvgIpc) is 2.48. The number of aliphatic hydroxyl groups excluding tert-OH is 1. The third kappa shape index (κ3) is 4.47. The van der Waals surface area contributed by atoms with E-state index in [2.05, 4.69) is 21.2 Å². The molecule has 0 bridgehead atoms. The van der Waals surface area contributed by atoms with Gasteiger partial charge in [-0.05, 0) is 42.8 Å². The predicted molar refractivity (Wildman–Crippen MR) is 90.4 cm³/mol. The highest BCUT2D eigenvalue weighted by Gasteiger charge is 2.09. The lowest BCUT2D eigenvalue weighted by atomic mass is 10.2. The largest absolute Gasteiger partial charge is 0.483 e. The molecule has 0 aliphatic carbocycles. The molecule has 0 radical (unpaired) electrons. The number of carbonyl (C=O) groups excluding carboxylic acids is 1. The summed E-state index contributed by atoms with van der Waals surface area (Å²) in [5, 5.41) is 12.5. The van der Waals surface area contributed by atoms with Crippen molar-refractivity contribution < 1.29 is 14.6 Å². The number of nitrogens with one attached hydrogen (secondary N) is 1. The number of hydrogen-bond acceptors (Lipinski definition) is 3. The lowest BCUT2D eigenvalue weighted by Crippen LogP contribution is -2.20. The second-order valence-corrected chi connectivity index (χ2v) is 6.05. The zero-order chi connectivity index (χ0) is 16.1. The maximum absolute atomic E-state index is 11.9. The second kappa shape index (κ2) is 7.63. The minimum atomic E-state index is -0.322. The highest BCUT2D eigenvalue weighted by atomic mass is 79.9. The molecule has 0 unspecified atom stereocenters. The number of rotatable bonds is 5. The van der Waals surface area contributed by atoms with Crippen molar-refractivity contribution in [2.24, 2.45) is 0 Å². The summed E-state index contributed by atoms with van der Waals surface area (Å²) in [4.78, 5) is 11.9. The number of aryl methyl sites for hydroxylation is 1. The Morgan fingerprint density at radius 2 is 2.09 bits per heavy atom. The second-order valence-electron chi connectivity index (χ2n) is 4.73. The van der Waals surface area contributed by atoms with E-state index < -0.39 is 0 Å². The van der Waals surface area contributed by atoms with Crippen LogP contribution in [0.5, 0.6) is 5.75 Å². The fourth-order valence-corrected chi connectivity index (χ4v) is 2.55. The van der Waals surface area contributed by atoms with Crippen LogP contribution in [0.2, 0.25) is 5.02 Å². The number of halogens is 2. The molecule has 0 spiro atoms. The van der Waals surface area contributed by atoms with Gasteiger partial charge in [0.25, 0.3) is 5.91 Å². The minimum absolute atomic E-state index is 0.166. The molecule has 0 saturated carbocycles. The minimum Gasteiger partial charge on any atom is -0.483 e. The van der Waals surface area contributed by atoms with Crippen LogP contribution in [-0.4, -0.2) is 17.6 Å². The first-order valence-corrected chi connectivity index (χ1v) is 7.75. The summed E-state index contributed by atoms with van der Waals surface area (Å²) in [5.74, 6) is 0.147. The van der Waals surface area contributed by atoms with Crippen LogP contribution in [0, 0.1) is 6.92 Å². The Labute approximate surface area is 142 Å². The van der Waals surface area contributed by atoms with Crippen molar-refractivity contribution in [3.63, 3.8) is 0 Å². The van der Waals surface area contributed by atoms with E-state index in [-0.39, 0.29) is 19.1 Å². The van der Waals surface area contributed by atoms with Gasteiger partial charge in [-0.1, -0.05) is 33.6 Å². The maximum atomic E-state index is 11.9. The Hall–Kier alpha value is -1.56. The van der Waals surface area contributed by atoms with Gasteiger partial charge >= 0.3 is 0 Å². The Balaban J connectivity index is 1.98. The lowest BCUT2D eigenvalue weighted by molar-refractivity contribution is -0.118. The van der Waals surface area contributed by atoms with Crippen molar-refractivity contribution in [3.05, 3.63) is 57.0 Å². The van der Waals surface area contributed by atoms with Gasteiger partial charge in [-0.15, -0.1) is 0 Å². The van der Waals surface area contributed by atoms with Crippen LogP contribution in [0.3, 0.4) is 0 Å². The van der Waals surface area contributed by atoms with Crippen molar-refractivity contribution in [1.82, 2.24) is 0 Å². The van der Waals surface area contributed by atoms with E-state index in [4.69, 9.17) is 16.3 Å². The van der Waals surface area contributed by atoms with E-state index in [1.54, 1.807) is 30.3 Å². The van der Waals surface area contributed by atoms with Crippen LogP contribution in [-0.2, 0) is 11.4 Å². The summed E-state index contributed by atoms with van der Waals surface area (Å²) in [7, 11) is 0. The fourth-order valence-electron chi connectivity index (χ4n) is 1.86. The van der Waals surface area contributed by atoms with Gasteiger partial charge in [-0.2, -0.15) is 0 Å². The van der Waals surface area contributed by atoms with E-state index >= 15 is 0 Å². The third-order valence-corrected chi connectivity index (χ3v) is 3.76. The van der Waals surface area contributed by atoms with Gasteiger partial charge in [-0.25, -0.2) is 0 Å². The predicted octanol–water partition coefficient (Wildman–Crippen LogP) is 3.92. The molecule has 1 amide bonds. The maximum Gasteiger partial charge on any atom is 0.262 e. The summed E-state index contributed by atoms with van der Waals surface area (Å²) in [5.41, 5.74) is 2.16. The number of anilines is 1. The molecule has 2 N–H and O–H groups in total. The molecule has 0 aliphatic heterocycles. The molecule has 0 heterocycles. The van der Waals surface area contributed by atoms with Gasteiger partial charge in [0, 0.05) is 10.0 Å². The van der Waals surface area contributed by atoms with Crippen molar-refractivity contribution in [1.29, 1.82) is 0 Å². The fraction of sp³-hybridized carbons (Fsp3) is 0.188. The van der Waals surface area contributed by atoms with Crippen molar-refractivity contribution in [2.75, 3.05) is 11.9 Å². The smallest absolute Gasteiger partial charge is 0.262 e. The first kappa shape index (κ1) is 16.8. The van der Waals surface area contributed by atoms with E-state index in [9.17, 15) is 9.90 Å². The van der Waals surface area contributed by atoms with Gasteiger partial charge in [0.2, 0.25) is 0 Å².